The zero-order valence-corrected chi connectivity index (χ0v) is 15.8. The van der Waals surface area contributed by atoms with E-state index in [1.54, 1.807) is 16.9 Å². The summed E-state index contributed by atoms with van der Waals surface area (Å²) in [6.07, 6.45) is 5.02. The van der Waals surface area contributed by atoms with E-state index in [0.29, 0.717) is 12.1 Å². The van der Waals surface area contributed by atoms with Gasteiger partial charge in [-0.05, 0) is 43.7 Å². The molecule has 0 unspecified atom stereocenters. The van der Waals surface area contributed by atoms with Crippen LogP contribution < -0.4 is 4.74 Å². The quantitative estimate of drug-likeness (QED) is 0.457. The smallest absolute Gasteiger partial charge is 0.348 e. The third kappa shape index (κ3) is 4.55. The normalized spacial score (nSPS) is 16.1. The summed E-state index contributed by atoms with van der Waals surface area (Å²) in [6.45, 7) is 7.42. The molecule has 1 saturated heterocycles. The van der Waals surface area contributed by atoms with E-state index in [4.69, 9.17) is 14.2 Å². The Labute approximate surface area is 157 Å². The molecule has 1 fully saturated rings. The molecular weight excluding hydrogens is 348 g/mol. The van der Waals surface area contributed by atoms with Crippen LogP contribution in [0.1, 0.15) is 38.8 Å². The minimum absolute atomic E-state index is 0.0103. The Balaban J connectivity index is 1.94. The first-order valence-electron chi connectivity index (χ1n) is 8.69. The zero-order valence-electron chi connectivity index (χ0n) is 15.8. The van der Waals surface area contributed by atoms with Gasteiger partial charge in [0.2, 0.25) is 0 Å². The van der Waals surface area contributed by atoms with Gasteiger partial charge < -0.3 is 14.2 Å². The second kappa shape index (κ2) is 7.26. The van der Waals surface area contributed by atoms with Crippen molar-refractivity contribution >= 4 is 18.0 Å². The largest absolute Gasteiger partial charge is 0.491 e. The summed E-state index contributed by atoms with van der Waals surface area (Å²) in [6, 6.07) is 7.28. The van der Waals surface area contributed by atoms with Gasteiger partial charge in [0, 0.05) is 31.8 Å². The minimum Gasteiger partial charge on any atom is -0.491 e. The molecule has 0 atom stereocenters. The average Bonchev–Trinajstić information content (AvgIpc) is 3.05. The SMILES string of the molecule is CC(C)Oc1ccc(C=C2C(=O)OC(C)(C)OC2=O)cc1Cn1cccn1. The molecule has 7 heteroatoms. The summed E-state index contributed by atoms with van der Waals surface area (Å²) in [5, 5.41) is 4.21. The van der Waals surface area contributed by atoms with Crippen LogP contribution in [0.5, 0.6) is 5.75 Å². The summed E-state index contributed by atoms with van der Waals surface area (Å²) >= 11 is 0. The predicted octanol–water partition coefficient (Wildman–Crippen LogP) is 2.94. The number of carbonyl (C=O) groups excluding carboxylic acids is 2. The molecule has 1 aliphatic heterocycles. The fourth-order valence-electron chi connectivity index (χ4n) is 2.70. The van der Waals surface area contributed by atoms with Gasteiger partial charge in [0.1, 0.15) is 11.3 Å². The van der Waals surface area contributed by atoms with Gasteiger partial charge in [0.05, 0.1) is 12.6 Å². The molecule has 1 aromatic heterocycles. The van der Waals surface area contributed by atoms with Crippen LogP contribution in [0.3, 0.4) is 0 Å². The van der Waals surface area contributed by atoms with Crippen molar-refractivity contribution in [2.45, 2.75) is 46.1 Å². The monoisotopic (exact) mass is 370 g/mol. The average molecular weight is 370 g/mol. The fourth-order valence-corrected chi connectivity index (χ4v) is 2.70. The van der Waals surface area contributed by atoms with Crippen LogP contribution >= 0.6 is 0 Å². The topological polar surface area (TPSA) is 79.7 Å². The Morgan fingerprint density at radius 2 is 1.93 bits per heavy atom. The standard InChI is InChI=1S/C20H22N2O5/c1-13(2)25-17-7-6-14(10-15(17)12-22-9-5-8-21-22)11-16-18(23)26-20(3,4)27-19(16)24/h5-11,13H,12H2,1-4H3. The lowest BCUT2D eigenvalue weighted by atomic mass is 10.1. The Hall–Kier alpha value is -3.09. The van der Waals surface area contributed by atoms with Crippen molar-refractivity contribution in [1.29, 1.82) is 0 Å². The summed E-state index contributed by atoms with van der Waals surface area (Å²) in [5.41, 5.74) is 1.40. The Kier molecular flexibility index (Phi) is 5.03. The summed E-state index contributed by atoms with van der Waals surface area (Å²) in [7, 11) is 0. The van der Waals surface area contributed by atoms with Crippen molar-refractivity contribution in [2.75, 3.05) is 0 Å². The van der Waals surface area contributed by atoms with Crippen LogP contribution in [-0.2, 0) is 25.6 Å². The molecule has 0 radical (unpaired) electrons. The van der Waals surface area contributed by atoms with Gasteiger partial charge in [-0.15, -0.1) is 0 Å². The van der Waals surface area contributed by atoms with E-state index in [0.717, 1.165) is 11.3 Å². The first-order valence-corrected chi connectivity index (χ1v) is 8.69. The van der Waals surface area contributed by atoms with Crippen molar-refractivity contribution in [1.82, 2.24) is 9.78 Å². The number of aromatic nitrogens is 2. The van der Waals surface area contributed by atoms with Crippen molar-refractivity contribution in [3.05, 3.63) is 53.4 Å². The molecule has 0 bridgehead atoms. The number of esters is 2. The van der Waals surface area contributed by atoms with Gasteiger partial charge in [-0.1, -0.05) is 6.07 Å². The van der Waals surface area contributed by atoms with Gasteiger partial charge in [0.15, 0.2) is 0 Å². The molecule has 0 N–H and O–H groups in total. The maximum Gasteiger partial charge on any atom is 0.348 e. The summed E-state index contributed by atoms with van der Waals surface area (Å²) in [4.78, 5) is 24.3. The highest BCUT2D eigenvalue weighted by Gasteiger charge is 2.38. The molecule has 1 aromatic carbocycles. The number of cyclic esters (lactones) is 2. The van der Waals surface area contributed by atoms with E-state index < -0.39 is 17.7 Å². The predicted molar refractivity (Wildman–Crippen MR) is 97.8 cm³/mol. The third-order valence-electron chi connectivity index (χ3n) is 3.77. The summed E-state index contributed by atoms with van der Waals surface area (Å²) in [5.74, 6) is -1.94. The van der Waals surface area contributed by atoms with Crippen molar-refractivity contribution < 1.29 is 23.8 Å². The van der Waals surface area contributed by atoms with E-state index in [9.17, 15) is 9.59 Å². The van der Waals surface area contributed by atoms with Gasteiger partial charge in [0.25, 0.3) is 5.79 Å². The van der Waals surface area contributed by atoms with Crippen LogP contribution in [0.4, 0.5) is 0 Å². The maximum absolute atomic E-state index is 12.1. The first kappa shape index (κ1) is 18.7. The van der Waals surface area contributed by atoms with Gasteiger partial charge in [-0.2, -0.15) is 5.10 Å². The lowest BCUT2D eigenvalue weighted by molar-refractivity contribution is -0.222. The number of hydrogen-bond acceptors (Lipinski definition) is 6. The first-order chi connectivity index (χ1) is 12.7. The number of benzene rings is 1. The molecule has 2 aromatic rings. The maximum atomic E-state index is 12.1. The highest BCUT2D eigenvalue weighted by atomic mass is 16.7. The lowest BCUT2D eigenvalue weighted by Gasteiger charge is -2.29. The molecule has 0 saturated carbocycles. The van der Waals surface area contributed by atoms with E-state index >= 15 is 0 Å². The van der Waals surface area contributed by atoms with E-state index in [2.05, 4.69) is 5.10 Å². The Morgan fingerprint density at radius 1 is 1.22 bits per heavy atom. The van der Waals surface area contributed by atoms with E-state index in [1.807, 2.05) is 38.2 Å². The number of hydrogen-bond donors (Lipinski definition) is 0. The van der Waals surface area contributed by atoms with E-state index in [1.165, 1.54) is 19.9 Å². The number of nitrogens with zero attached hydrogens (tertiary/aromatic N) is 2. The molecule has 0 aliphatic carbocycles. The summed E-state index contributed by atoms with van der Waals surface area (Å²) < 4.78 is 17.9. The molecular formula is C20H22N2O5. The zero-order chi connectivity index (χ0) is 19.6. The Morgan fingerprint density at radius 3 is 2.52 bits per heavy atom. The minimum atomic E-state index is -1.26. The van der Waals surface area contributed by atoms with Crippen LogP contribution in [-0.4, -0.2) is 33.6 Å². The number of carbonyl (C=O) groups is 2. The van der Waals surface area contributed by atoms with Crippen molar-refractivity contribution in [2.24, 2.45) is 0 Å². The van der Waals surface area contributed by atoms with E-state index in [-0.39, 0.29) is 11.7 Å². The van der Waals surface area contributed by atoms with Gasteiger partial charge in [-0.3, -0.25) is 4.68 Å². The molecule has 3 rings (SSSR count). The van der Waals surface area contributed by atoms with Gasteiger partial charge >= 0.3 is 11.9 Å². The molecule has 27 heavy (non-hydrogen) atoms. The highest BCUT2D eigenvalue weighted by molar-refractivity contribution is 6.18. The second-order valence-electron chi connectivity index (χ2n) is 6.97. The molecule has 7 nitrogen and oxygen atoms in total. The molecule has 2 heterocycles. The van der Waals surface area contributed by atoms with Crippen LogP contribution in [0.2, 0.25) is 0 Å². The molecule has 142 valence electrons. The molecule has 0 spiro atoms. The van der Waals surface area contributed by atoms with Gasteiger partial charge in [-0.25, -0.2) is 9.59 Å². The van der Waals surface area contributed by atoms with Crippen LogP contribution in [0.15, 0.2) is 42.2 Å². The number of ether oxygens (including phenoxy) is 3. The Bertz CT molecular complexity index is 860. The molecule has 1 aliphatic rings. The number of rotatable bonds is 5. The van der Waals surface area contributed by atoms with Crippen molar-refractivity contribution in [3.8, 4) is 5.75 Å². The van der Waals surface area contributed by atoms with Crippen LogP contribution in [0, 0.1) is 0 Å². The van der Waals surface area contributed by atoms with Crippen molar-refractivity contribution in [3.63, 3.8) is 0 Å². The highest BCUT2D eigenvalue weighted by Crippen LogP contribution is 2.27. The third-order valence-corrected chi connectivity index (χ3v) is 3.77. The lowest BCUT2D eigenvalue weighted by Crippen LogP contribution is -2.41. The second-order valence-corrected chi connectivity index (χ2v) is 6.97. The van der Waals surface area contributed by atoms with Crippen LogP contribution in [0.25, 0.3) is 6.08 Å². The fraction of sp³-hybridized carbons (Fsp3) is 0.350. The molecule has 0 amide bonds.